The molecule has 0 atom stereocenters. The molecule has 0 aliphatic carbocycles. The van der Waals surface area contributed by atoms with Crippen LogP contribution in [0.3, 0.4) is 0 Å². The normalized spacial score (nSPS) is 11.1. The van der Waals surface area contributed by atoms with Gasteiger partial charge in [-0.1, -0.05) is 80.3 Å². The second kappa shape index (κ2) is 14.6. The van der Waals surface area contributed by atoms with Gasteiger partial charge in [-0.25, -0.2) is 4.98 Å². The number of pyridine rings is 3. The van der Waals surface area contributed by atoms with Crippen LogP contribution in [0.25, 0.3) is 55.7 Å². The van der Waals surface area contributed by atoms with Crippen LogP contribution < -0.4 is 5.19 Å². The summed E-state index contributed by atoms with van der Waals surface area (Å²) < 4.78 is 6.04. The first-order chi connectivity index (χ1) is 22.6. The molecule has 0 bridgehead atoms. The fraction of sp³-hybridized carbons (Fsp3) is 0.171. The van der Waals surface area contributed by atoms with Crippen molar-refractivity contribution < 1.29 is 24.5 Å². The molecule has 0 saturated heterocycles. The number of aromatic nitrogens is 3. The van der Waals surface area contributed by atoms with E-state index in [1.54, 1.807) is 0 Å². The maximum atomic E-state index is 9.50. The molecule has 0 N–H and O–H groups in total. The van der Waals surface area contributed by atoms with Gasteiger partial charge in [0.15, 0.2) is 0 Å². The Labute approximate surface area is 297 Å². The maximum Gasteiger partial charge on any atom is 0.216 e. The van der Waals surface area contributed by atoms with Crippen molar-refractivity contribution in [1.82, 2.24) is 15.0 Å². The van der Waals surface area contributed by atoms with E-state index >= 15 is 0 Å². The molecule has 7 heteroatoms. The molecule has 0 amide bonds. The van der Waals surface area contributed by atoms with Gasteiger partial charge in [0.2, 0.25) is 5.71 Å². The van der Waals surface area contributed by atoms with Gasteiger partial charge < -0.3 is 14.4 Å². The zero-order chi connectivity index (χ0) is 33.1. The Bertz CT molecular complexity index is 2250. The van der Waals surface area contributed by atoms with Crippen LogP contribution in [0.15, 0.2) is 108 Å². The van der Waals surface area contributed by atoms with Crippen LogP contribution in [0.4, 0.5) is 0 Å². The van der Waals surface area contributed by atoms with E-state index in [-0.39, 0.29) is 20.1 Å². The molecule has 0 aliphatic rings. The van der Waals surface area contributed by atoms with E-state index < -0.39 is 8.07 Å². The number of nitrogens with zero attached hydrogens (tertiary/aromatic N) is 4. The summed E-state index contributed by atoms with van der Waals surface area (Å²) in [4.78, 5) is 13.7. The fourth-order valence-corrected chi connectivity index (χ4v) is 7.11. The van der Waals surface area contributed by atoms with Crippen LogP contribution >= 0.6 is 0 Å². The Kier molecular flexibility index (Phi) is 10.5. The van der Waals surface area contributed by atoms with Crippen LogP contribution in [-0.4, -0.2) is 23.0 Å². The molecule has 0 fully saturated rings. The molecule has 0 unspecified atom stereocenters. The van der Waals surface area contributed by atoms with Crippen molar-refractivity contribution in [1.29, 1.82) is 5.26 Å². The smallest absolute Gasteiger partial charge is 0.216 e. The standard InChI is InChI=1S/C21H19N2Si.C20H17N2O.Ir/c1-24(2,3)21-15-23-20(16-9-5-4-6-10-16)13-19(21)18-12-8-7-11-17(18)14-22;1-12(2)14-9-10-21-18(11-14)17-6-4-5-15-16-8-7-13(3)22-20(16)23-19(15)17;/h4-9,11-13,15H,1-3H3;4-5,7-12H,1-3H3;/q2*-1;. The summed E-state index contributed by atoms with van der Waals surface area (Å²) in [6, 6.07) is 38.8. The summed E-state index contributed by atoms with van der Waals surface area (Å²) in [5.74, 6) is 0.455. The zero-order valence-electron chi connectivity index (χ0n) is 27.9. The second-order valence-electron chi connectivity index (χ2n) is 12.9. The molecular weight excluding hydrogens is 785 g/mol. The first kappa shape index (κ1) is 34.6. The summed E-state index contributed by atoms with van der Waals surface area (Å²) in [6.07, 6.45) is 3.84. The van der Waals surface area contributed by atoms with Crippen LogP contribution in [0.1, 0.15) is 36.6 Å². The molecule has 48 heavy (non-hydrogen) atoms. The molecule has 5 nitrogen and oxygen atoms in total. The zero-order valence-corrected chi connectivity index (χ0v) is 31.3. The number of hydrogen-bond acceptors (Lipinski definition) is 5. The number of fused-ring (bicyclic) bond motifs is 3. The molecule has 1 radical (unpaired) electrons. The first-order valence-electron chi connectivity index (χ1n) is 15.8. The SMILES string of the molecule is C[Si](C)(C)c1cnc(-c2[c-]cccc2)cc1-c1ccccc1C#N.Cc1ccc2c(n1)oc1c(-c3cc(C(C)C)ccn3)[c-]ccc12.[Ir]. The van der Waals surface area contributed by atoms with E-state index in [9.17, 15) is 5.26 Å². The number of benzene rings is 3. The molecule has 4 heterocycles. The van der Waals surface area contributed by atoms with Gasteiger partial charge in [0, 0.05) is 43.6 Å². The number of furan rings is 1. The minimum Gasteiger partial charge on any atom is -0.486 e. The summed E-state index contributed by atoms with van der Waals surface area (Å²) in [6.45, 7) is 13.2. The summed E-state index contributed by atoms with van der Waals surface area (Å²) >= 11 is 0. The van der Waals surface area contributed by atoms with Crippen LogP contribution in [0.2, 0.25) is 19.6 Å². The van der Waals surface area contributed by atoms with E-state index in [4.69, 9.17) is 4.42 Å². The van der Waals surface area contributed by atoms with Crippen molar-refractivity contribution in [3.8, 4) is 39.7 Å². The van der Waals surface area contributed by atoms with Gasteiger partial charge in [0.25, 0.3) is 0 Å². The Morgan fingerprint density at radius 2 is 1.60 bits per heavy atom. The average Bonchev–Trinajstić information content (AvgIpc) is 3.46. The van der Waals surface area contributed by atoms with Gasteiger partial charge in [0.05, 0.1) is 25.3 Å². The number of hydrogen-bond donors (Lipinski definition) is 0. The summed E-state index contributed by atoms with van der Waals surface area (Å²) in [5.41, 5.74) is 10.1. The monoisotopic (exact) mass is 821 g/mol. The van der Waals surface area contributed by atoms with Gasteiger partial charge in [-0.05, 0) is 64.8 Å². The van der Waals surface area contributed by atoms with Crippen molar-refractivity contribution in [2.75, 3.05) is 0 Å². The van der Waals surface area contributed by atoms with Gasteiger partial charge >= 0.3 is 0 Å². The van der Waals surface area contributed by atoms with Crippen molar-refractivity contribution in [2.45, 2.75) is 46.3 Å². The van der Waals surface area contributed by atoms with Crippen LogP contribution in [-0.2, 0) is 20.1 Å². The van der Waals surface area contributed by atoms with Crippen molar-refractivity contribution >= 4 is 35.3 Å². The molecule has 0 aliphatic heterocycles. The average molecular weight is 821 g/mol. The van der Waals surface area contributed by atoms with Crippen LogP contribution in [0, 0.1) is 30.4 Å². The first-order valence-corrected chi connectivity index (χ1v) is 19.3. The van der Waals surface area contributed by atoms with Gasteiger partial charge in [0.1, 0.15) is 0 Å². The largest absolute Gasteiger partial charge is 0.486 e. The molecule has 7 aromatic rings. The van der Waals surface area contributed by atoms with E-state index in [0.717, 1.165) is 55.7 Å². The molecule has 4 aromatic heterocycles. The number of rotatable bonds is 5. The third-order valence-corrected chi connectivity index (χ3v) is 10.2. The third-order valence-electron chi connectivity index (χ3n) is 8.18. The van der Waals surface area contributed by atoms with Crippen LogP contribution in [0.5, 0.6) is 0 Å². The van der Waals surface area contributed by atoms with Crippen molar-refractivity contribution in [2.24, 2.45) is 0 Å². The second-order valence-corrected chi connectivity index (χ2v) is 18.0. The van der Waals surface area contributed by atoms with Gasteiger partial charge in [-0.2, -0.15) is 5.26 Å². The van der Waals surface area contributed by atoms with E-state index in [1.807, 2.05) is 86.0 Å². The predicted octanol–water partition coefficient (Wildman–Crippen LogP) is 9.91. The minimum atomic E-state index is -1.60. The Morgan fingerprint density at radius 1 is 0.812 bits per heavy atom. The van der Waals surface area contributed by atoms with E-state index in [1.165, 1.54) is 10.8 Å². The Morgan fingerprint density at radius 3 is 2.33 bits per heavy atom. The molecule has 3 aromatic carbocycles. The Hall–Kier alpha value is -4.73. The number of nitriles is 1. The number of aryl methyl sites for hydroxylation is 1. The molecule has 0 spiro atoms. The molecule has 241 valence electrons. The quantitative estimate of drug-likeness (QED) is 0.128. The van der Waals surface area contributed by atoms with E-state index in [2.05, 4.69) is 90.9 Å². The fourth-order valence-electron chi connectivity index (χ4n) is 5.64. The minimum absolute atomic E-state index is 0. The van der Waals surface area contributed by atoms with Crippen molar-refractivity contribution in [3.05, 3.63) is 132 Å². The van der Waals surface area contributed by atoms with Crippen molar-refractivity contribution in [3.63, 3.8) is 0 Å². The Balaban J connectivity index is 0.000000184. The van der Waals surface area contributed by atoms with E-state index in [0.29, 0.717) is 17.2 Å². The molecule has 0 saturated carbocycles. The third kappa shape index (κ3) is 7.22. The summed E-state index contributed by atoms with van der Waals surface area (Å²) in [7, 11) is -1.60. The topological polar surface area (TPSA) is 75.6 Å². The predicted molar refractivity (Wildman–Crippen MR) is 194 cm³/mol. The van der Waals surface area contributed by atoms with Gasteiger partial charge in [-0.3, -0.25) is 0 Å². The molecule has 7 rings (SSSR count). The maximum absolute atomic E-state index is 9.50. The molecular formula is C41H36IrN4OSi-2. The van der Waals surface area contributed by atoms with Gasteiger partial charge in [-0.15, -0.1) is 54.1 Å². The summed E-state index contributed by atoms with van der Waals surface area (Å²) in [5, 5.41) is 12.9.